The summed E-state index contributed by atoms with van der Waals surface area (Å²) in [6, 6.07) is 72.3. The molecule has 0 unspecified atom stereocenters. The number of para-hydroxylation sites is 1. The Morgan fingerprint density at radius 1 is 0.278 bits per heavy atom. The summed E-state index contributed by atoms with van der Waals surface area (Å²) in [5.74, 6) is 0. The number of nitrogens with zero attached hydrogens (tertiary/aromatic N) is 1. The summed E-state index contributed by atoms with van der Waals surface area (Å²) >= 11 is 0. The monoisotopic (exact) mass is 687 g/mol. The van der Waals surface area contributed by atoms with E-state index in [2.05, 4.69) is 193 Å². The van der Waals surface area contributed by atoms with E-state index >= 15 is 0 Å². The molecule has 0 N–H and O–H groups in total. The SMILES string of the molecule is c1ccc2c(-c3ccc(N(c4ccc(-c5ccc6c(ccc7c8ccccc8ccc67)c5)cc4)c4ccc5c(c4)oc4ccccc45)cc3)cccc2c1. The molecule has 0 saturated heterocycles. The number of anilines is 3. The Kier molecular flexibility index (Phi) is 6.90. The van der Waals surface area contributed by atoms with Gasteiger partial charge in [-0.1, -0.05) is 146 Å². The Morgan fingerprint density at radius 2 is 0.796 bits per heavy atom. The summed E-state index contributed by atoms with van der Waals surface area (Å²) in [5, 5.41) is 12.4. The van der Waals surface area contributed by atoms with Gasteiger partial charge in [-0.25, -0.2) is 0 Å². The molecule has 0 aliphatic carbocycles. The van der Waals surface area contributed by atoms with Crippen LogP contribution in [0.15, 0.2) is 205 Å². The summed E-state index contributed by atoms with van der Waals surface area (Å²) in [6.07, 6.45) is 0. The molecule has 11 rings (SSSR count). The van der Waals surface area contributed by atoms with Crippen molar-refractivity contribution in [3.05, 3.63) is 200 Å². The fraction of sp³-hybridized carbons (Fsp3) is 0. The second kappa shape index (κ2) is 12.2. The first kappa shape index (κ1) is 30.5. The molecule has 0 aliphatic heterocycles. The van der Waals surface area contributed by atoms with Gasteiger partial charge in [-0.15, -0.1) is 0 Å². The Hall–Kier alpha value is -7.16. The van der Waals surface area contributed by atoms with Crippen LogP contribution in [-0.4, -0.2) is 0 Å². The van der Waals surface area contributed by atoms with E-state index in [1.165, 1.54) is 65.3 Å². The second-order valence-corrected chi connectivity index (χ2v) is 14.1. The van der Waals surface area contributed by atoms with E-state index in [0.717, 1.165) is 39.0 Å². The van der Waals surface area contributed by atoms with Crippen molar-refractivity contribution >= 4 is 82.1 Å². The molecular formula is C52H33NO. The largest absolute Gasteiger partial charge is 0.456 e. The molecule has 0 radical (unpaired) electrons. The predicted octanol–water partition coefficient (Wildman–Crippen LogP) is 15.0. The van der Waals surface area contributed by atoms with Crippen LogP contribution in [0, 0.1) is 0 Å². The van der Waals surface area contributed by atoms with E-state index < -0.39 is 0 Å². The van der Waals surface area contributed by atoms with Crippen LogP contribution in [-0.2, 0) is 0 Å². The molecule has 0 aliphatic rings. The van der Waals surface area contributed by atoms with Gasteiger partial charge >= 0.3 is 0 Å². The van der Waals surface area contributed by atoms with Gasteiger partial charge in [0.25, 0.3) is 0 Å². The molecule has 11 aromatic rings. The molecule has 1 aromatic heterocycles. The average molecular weight is 688 g/mol. The summed E-state index contributed by atoms with van der Waals surface area (Å²) in [6.45, 7) is 0. The highest BCUT2D eigenvalue weighted by Gasteiger charge is 2.17. The first-order valence-corrected chi connectivity index (χ1v) is 18.5. The van der Waals surface area contributed by atoms with E-state index in [4.69, 9.17) is 4.42 Å². The Morgan fingerprint density at radius 3 is 1.57 bits per heavy atom. The fourth-order valence-electron chi connectivity index (χ4n) is 8.38. The zero-order valence-electron chi connectivity index (χ0n) is 29.4. The van der Waals surface area contributed by atoms with Gasteiger partial charge in [-0.3, -0.25) is 0 Å². The lowest BCUT2D eigenvalue weighted by molar-refractivity contribution is 0.669. The molecule has 0 amide bonds. The van der Waals surface area contributed by atoms with Crippen molar-refractivity contribution in [3.63, 3.8) is 0 Å². The van der Waals surface area contributed by atoms with Crippen LogP contribution in [0.4, 0.5) is 17.1 Å². The predicted molar refractivity (Wildman–Crippen MR) is 229 cm³/mol. The number of furan rings is 1. The van der Waals surface area contributed by atoms with Crippen molar-refractivity contribution in [2.75, 3.05) is 4.90 Å². The smallest absolute Gasteiger partial charge is 0.137 e. The average Bonchev–Trinajstić information content (AvgIpc) is 3.62. The lowest BCUT2D eigenvalue weighted by atomic mass is 9.95. The van der Waals surface area contributed by atoms with Gasteiger partial charge in [0.15, 0.2) is 0 Å². The second-order valence-electron chi connectivity index (χ2n) is 14.1. The van der Waals surface area contributed by atoms with Gasteiger partial charge in [-0.05, 0) is 114 Å². The van der Waals surface area contributed by atoms with Gasteiger partial charge in [0.1, 0.15) is 11.2 Å². The molecule has 2 nitrogen and oxygen atoms in total. The number of benzene rings is 10. The van der Waals surface area contributed by atoms with Crippen LogP contribution in [0.1, 0.15) is 0 Å². The van der Waals surface area contributed by atoms with E-state index in [-0.39, 0.29) is 0 Å². The topological polar surface area (TPSA) is 16.4 Å². The van der Waals surface area contributed by atoms with Crippen molar-refractivity contribution < 1.29 is 4.42 Å². The highest BCUT2D eigenvalue weighted by atomic mass is 16.3. The molecule has 252 valence electrons. The lowest BCUT2D eigenvalue weighted by Gasteiger charge is -2.26. The zero-order chi connectivity index (χ0) is 35.6. The Labute approximate surface area is 312 Å². The van der Waals surface area contributed by atoms with Gasteiger partial charge in [-0.2, -0.15) is 0 Å². The third kappa shape index (κ3) is 4.96. The van der Waals surface area contributed by atoms with Crippen molar-refractivity contribution in [2.45, 2.75) is 0 Å². The Bertz CT molecular complexity index is 3200. The third-order valence-electron chi connectivity index (χ3n) is 11.0. The maximum atomic E-state index is 6.37. The molecule has 0 atom stereocenters. The fourth-order valence-corrected chi connectivity index (χ4v) is 8.38. The van der Waals surface area contributed by atoms with Crippen LogP contribution in [0.3, 0.4) is 0 Å². The third-order valence-corrected chi connectivity index (χ3v) is 11.0. The molecule has 10 aromatic carbocycles. The first-order valence-electron chi connectivity index (χ1n) is 18.5. The Balaban J connectivity index is 0.996. The molecule has 54 heavy (non-hydrogen) atoms. The minimum Gasteiger partial charge on any atom is -0.456 e. The molecule has 0 bridgehead atoms. The first-order chi connectivity index (χ1) is 26.7. The van der Waals surface area contributed by atoms with Crippen molar-refractivity contribution in [1.29, 1.82) is 0 Å². The van der Waals surface area contributed by atoms with Crippen molar-refractivity contribution in [3.8, 4) is 22.3 Å². The molecule has 1 heterocycles. The van der Waals surface area contributed by atoms with E-state index in [9.17, 15) is 0 Å². The van der Waals surface area contributed by atoms with Crippen LogP contribution >= 0.6 is 0 Å². The summed E-state index contributed by atoms with van der Waals surface area (Å²) in [7, 11) is 0. The van der Waals surface area contributed by atoms with Gasteiger partial charge in [0, 0.05) is 33.9 Å². The molecule has 0 saturated carbocycles. The van der Waals surface area contributed by atoms with Crippen LogP contribution in [0.2, 0.25) is 0 Å². The quantitative estimate of drug-likeness (QED) is 0.168. The minimum atomic E-state index is 0.874. The van der Waals surface area contributed by atoms with Gasteiger partial charge < -0.3 is 9.32 Å². The number of hydrogen-bond donors (Lipinski definition) is 0. The molecule has 0 spiro atoms. The van der Waals surface area contributed by atoms with Crippen LogP contribution in [0.25, 0.3) is 87.3 Å². The highest BCUT2D eigenvalue weighted by molar-refractivity contribution is 6.17. The van der Waals surface area contributed by atoms with E-state index in [1.54, 1.807) is 0 Å². The molecule has 0 fully saturated rings. The number of rotatable bonds is 5. The normalized spacial score (nSPS) is 11.7. The van der Waals surface area contributed by atoms with Gasteiger partial charge in [0.2, 0.25) is 0 Å². The summed E-state index contributed by atoms with van der Waals surface area (Å²) in [4.78, 5) is 2.32. The molecular weight excluding hydrogens is 655 g/mol. The van der Waals surface area contributed by atoms with Gasteiger partial charge in [0.05, 0.1) is 0 Å². The maximum Gasteiger partial charge on any atom is 0.137 e. The van der Waals surface area contributed by atoms with Crippen molar-refractivity contribution in [2.24, 2.45) is 0 Å². The highest BCUT2D eigenvalue weighted by Crippen LogP contribution is 2.41. The number of fused-ring (bicyclic) bond motifs is 9. The summed E-state index contributed by atoms with van der Waals surface area (Å²) in [5.41, 5.74) is 9.76. The maximum absolute atomic E-state index is 6.37. The molecule has 2 heteroatoms. The van der Waals surface area contributed by atoms with Crippen LogP contribution in [0.5, 0.6) is 0 Å². The number of hydrogen-bond acceptors (Lipinski definition) is 2. The minimum absolute atomic E-state index is 0.874. The lowest BCUT2D eigenvalue weighted by Crippen LogP contribution is -2.09. The van der Waals surface area contributed by atoms with E-state index in [0.29, 0.717) is 0 Å². The zero-order valence-corrected chi connectivity index (χ0v) is 29.4. The van der Waals surface area contributed by atoms with Crippen molar-refractivity contribution in [1.82, 2.24) is 0 Å². The standard InChI is InChI=1S/C52H33NO/c1-3-11-43-35(8-1)10-7-14-44(43)37-18-25-41(26-19-37)53(42-27-31-50-49-13-5-6-15-51(49)54-52(50)33-42)40-23-16-34(17-24-40)38-21-28-46-39(32-38)22-30-47-45-12-4-2-9-36(45)20-29-48(46)47/h1-33H. The van der Waals surface area contributed by atoms with E-state index in [1.807, 2.05) is 12.1 Å². The van der Waals surface area contributed by atoms with Crippen LogP contribution < -0.4 is 4.90 Å². The summed E-state index contributed by atoms with van der Waals surface area (Å²) < 4.78 is 6.37.